The number of primary amides is 1. The number of amides is 3. The largest absolute Gasteiger partial charge is 0.351 e. The SMILES string of the molecule is Cc1ccc(C[C@H](C)C(=O)N[C@H]2CCN(C(N)=O)C2)cc1. The van der Waals surface area contributed by atoms with E-state index in [9.17, 15) is 9.59 Å². The first-order valence-electron chi connectivity index (χ1n) is 7.36. The number of likely N-dealkylation sites (tertiary alicyclic amines) is 1. The van der Waals surface area contributed by atoms with Gasteiger partial charge in [0.25, 0.3) is 0 Å². The number of nitrogens with one attached hydrogen (secondary N) is 1. The minimum atomic E-state index is -0.417. The quantitative estimate of drug-likeness (QED) is 0.880. The Morgan fingerprint density at radius 3 is 2.62 bits per heavy atom. The first-order valence-corrected chi connectivity index (χ1v) is 7.36. The van der Waals surface area contributed by atoms with Gasteiger partial charge in [-0.25, -0.2) is 4.79 Å². The van der Waals surface area contributed by atoms with Crippen molar-refractivity contribution in [3.63, 3.8) is 0 Å². The van der Waals surface area contributed by atoms with E-state index >= 15 is 0 Å². The molecule has 0 radical (unpaired) electrons. The van der Waals surface area contributed by atoms with E-state index in [0.717, 1.165) is 18.4 Å². The number of hydrogen-bond donors (Lipinski definition) is 2. The summed E-state index contributed by atoms with van der Waals surface area (Å²) in [6.45, 7) is 5.10. The van der Waals surface area contributed by atoms with Gasteiger partial charge in [0.05, 0.1) is 0 Å². The Hall–Kier alpha value is -2.04. The summed E-state index contributed by atoms with van der Waals surface area (Å²) < 4.78 is 0. The standard InChI is InChI=1S/C16H23N3O2/c1-11-3-5-13(6-4-11)9-12(2)15(20)18-14-7-8-19(10-14)16(17)21/h3-6,12,14H,7-10H2,1-2H3,(H2,17,21)(H,18,20)/t12-,14-/m0/s1. The highest BCUT2D eigenvalue weighted by atomic mass is 16.2. The van der Waals surface area contributed by atoms with Gasteiger partial charge in [-0.3, -0.25) is 4.79 Å². The Kier molecular flexibility index (Phi) is 4.83. The van der Waals surface area contributed by atoms with Crippen molar-refractivity contribution in [2.24, 2.45) is 11.7 Å². The number of hydrogen-bond acceptors (Lipinski definition) is 2. The summed E-state index contributed by atoms with van der Waals surface area (Å²) in [5.41, 5.74) is 7.62. The Bertz CT molecular complexity index is 513. The summed E-state index contributed by atoms with van der Waals surface area (Å²) in [6.07, 6.45) is 1.49. The Morgan fingerprint density at radius 1 is 1.38 bits per heavy atom. The van der Waals surface area contributed by atoms with Crippen LogP contribution < -0.4 is 11.1 Å². The van der Waals surface area contributed by atoms with Gasteiger partial charge in [0, 0.05) is 25.0 Å². The fourth-order valence-electron chi connectivity index (χ4n) is 2.59. The molecule has 1 saturated heterocycles. The minimum Gasteiger partial charge on any atom is -0.351 e. The van der Waals surface area contributed by atoms with Crippen LogP contribution in [0.25, 0.3) is 0 Å². The van der Waals surface area contributed by atoms with Crippen LogP contribution in [-0.4, -0.2) is 36.0 Å². The van der Waals surface area contributed by atoms with Gasteiger partial charge in [-0.05, 0) is 25.3 Å². The molecule has 1 aromatic carbocycles. The molecule has 21 heavy (non-hydrogen) atoms. The molecule has 0 aliphatic carbocycles. The molecule has 0 spiro atoms. The molecule has 1 heterocycles. The minimum absolute atomic E-state index is 0.0190. The lowest BCUT2D eigenvalue weighted by Crippen LogP contribution is -2.42. The maximum absolute atomic E-state index is 12.2. The third kappa shape index (κ3) is 4.21. The zero-order valence-corrected chi connectivity index (χ0v) is 12.6. The molecule has 1 aromatic rings. The van der Waals surface area contributed by atoms with Crippen LogP contribution in [0.2, 0.25) is 0 Å². The van der Waals surface area contributed by atoms with Gasteiger partial charge in [-0.1, -0.05) is 36.8 Å². The fraction of sp³-hybridized carbons (Fsp3) is 0.500. The highest BCUT2D eigenvalue weighted by Crippen LogP contribution is 2.13. The van der Waals surface area contributed by atoms with E-state index in [-0.39, 0.29) is 17.9 Å². The van der Waals surface area contributed by atoms with Gasteiger partial charge in [-0.15, -0.1) is 0 Å². The van der Waals surface area contributed by atoms with Crippen molar-refractivity contribution in [3.8, 4) is 0 Å². The third-order valence-corrected chi connectivity index (χ3v) is 3.96. The van der Waals surface area contributed by atoms with Crippen LogP contribution in [0.5, 0.6) is 0 Å². The maximum Gasteiger partial charge on any atom is 0.314 e. The van der Waals surface area contributed by atoms with E-state index in [1.54, 1.807) is 4.90 Å². The number of carbonyl (C=O) groups is 2. The molecule has 5 heteroatoms. The third-order valence-electron chi connectivity index (χ3n) is 3.96. The van der Waals surface area contributed by atoms with E-state index in [1.165, 1.54) is 5.56 Å². The van der Waals surface area contributed by atoms with Gasteiger partial charge < -0.3 is 16.0 Å². The predicted octanol–water partition coefficient (Wildman–Crippen LogP) is 1.44. The molecule has 2 rings (SSSR count). The molecule has 0 aromatic heterocycles. The van der Waals surface area contributed by atoms with Crippen molar-refractivity contribution in [3.05, 3.63) is 35.4 Å². The zero-order valence-electron chi connectivity index (χ0n) is 12.6. The molecule has 1 aliphatic rings. The number of urea groups is 1. The highest BCUT2D eigenvalue weighted by Gasteiger charge is 2.27. The normalized spacial score (nSPS) is 19.3. The molecule has 3 amide bonds. The lowest BCUT2D eigenvalue weighted by atomic mass is 9.99. The summed E-state index contributed by atoms with van der Waals surface area (Å²) in [4.78, 5) is 24.8. The van der Waals surface area contributed by atoms with Crippen molar-refractivity contribution in [2.45, 2.75) is 32.7 Å². The zero-order chi connectivity index (χ0) is 15.4. The van der Waals surface area contributed by atoms with E-state index in [0.29, 0.717) is 13.1 Å². The van der Waals surface area contributed by atoms with E-state index in [1.807, 2.05) is 13.8 Å². The van der Waals surface area contributed by atoms with Gasteiger partial charge in [-0.2, -0.15) is 0 Å². The second kappa shape index (κ2) is 6.61. The number of rotatable bonds is 4. The Morgan fingerprint density at radius 2 is 2.05 bits per heavy atom. The average molecular weight is 289 g/mol. The Balaban J connectivity index is 1.83. The first kappa shape index (κ1) is 15.4. The monoisotopic (exact) mass is 289 g/mol. The van der Waals surface area contributed by atoms with E-state index < -0.39 is 6.03 Å². The van der Waals surface area contributed by atoms with Crippen LogP contribution in [0.4, 0.5) is 4.79 Å². The second-order valence-corrected chi connectivity index (χ2v) is 5.87. The van der Waals surface area contributed by atoms with Crippen molar-refractivity contribution in [1.29, 1.82) is 0 Å². The number of nitrogens with two attached hydrogens (primary N) is 1. The fourth-order valence-corrected chi connectivity index (χ4v) is 2.59. The van der Waals surface area contributed by atoms with Crippen LogP contribution in [0.15, 0.2) is 24.3 Å². The van der Waals surface area contributed by atoms with Crippen LogP contribution in [0.3, 0.4) is 0 Å². The molecule has 1 aliphatic heterocycles. The van der Waals surface area contributed by atoms with Crippen molar-refractivity contribution >= 4 is 11.9 Å². The van der Waals surface area contributed by atoms with Gasteiger partial charge in [0.2, 0.25) is 5.91 Å². The molecule has 3 N–H and O–H groups in total. The lowest BCUT2D eigenvalue weighted by Gasteiger charge is -2.17. The van der Waals surface area contributed by atoms with Crippen LogP contribution in [0.1, 0.15) is 24.5 Å². The molecule has 0 bridgehead atoms. The number of nitrogens with zero attached hydrogens (tertiary/aromatic N) is 1. The molecule has 1 fully saturated rings. The highest BCUT2D eigenvalue weighted by molar-refractivity contribution is 5.79. The summed E-state index contributed by atoms with van der Waals surface area (Å²) in [6, 6.07) is 7.83. The van der Waals surface area contributed by atoms with Crippen molar-refractivity contribution in [2.75, 3.05) is 13.1 Å². The van der Waals surface area contributed by atoms with Crippen LogP contribution >= 0.6 is 0 Å². The van der Waals surface area contributed by atoms with E-state index in [4.69, 9.17) is 5.73 Å². The first-order chi connectivity index (χ1) is 9.95. The molecule has 5 nitrogen and oxygen atoms in total. The molecule has 0 saturated carbocycles. The predicted molar refractivity (Wildman–Crippen MR) is 81.8 cm³/mol. The maximum atomic E-state index is 12.2. The summed E-state index contributed by atoms with van der Waals surface area (Å²) in [5, 5.41) is 3.01. The average Bonchev–Trinajstić information content (AvgIpc) is 2.90. The van der Waals surface area contributed by atoms with Crippen molar-refractivity contribution < 1.29 is 9.59 Å². The van der Waals surface area contributed by atoms with Gasteiger partial charge in [0.15, 0.2) is 0 Å². The summed E-state index contributed by atoms with van der Waals surface area (Å²) in [5.74, 6) is -0.0535. The van der Waals surface area contributed by atoms with Crippen LogP contribution in [-0.2, 0) is 11.2 Å². The van der Waals surface area contributed by atoms with Gasteiger partial charge in [0.1, 0.15) is 0 Å². The van der Waals surface area contributed by atoms with E-state index in [2.05, 4.69) is 29.6 Å². The Labute approximate surface area is 125 Å². The number of aryl methyl sites for hydroxylation is 1. The molecule has 2 atom stereocenters. The molecular formula is C16H23N3O2. The molecular weight excluding hydrogens is 266 g/mol. The smallest absolute Gasteiger partial charge is 0.314 e. The second-order valence-electron chi connectivity index (χ2n) is 5.87. The number of benzene rings is 1. The summed E-state index contributed by atoms with van der Waals surface area (Å²) in [7, 11) is 0. The van der Waals surface area contributed by atoms with Gasteiger partial charge >= 0.3 is 6.03 Å². The topological polar surface area (TPSA) is 75.4 Å². The van der Waals surface area contributed by atoms with Crippen molar-refractivity contribution in [1.82, 2.24) is 10.2 Å². The number of carbonyl (C=O) groups excluding carboxylic acids is 2. The lowest BCUT2D eigenvalue weighted by molar-refractivity contribution is -0.125. The summed E-state index contributed by atoms with van der Waals surface area (Å²) >= 11 is 0. The van der Waals surface area contributed by atoms with Crippen LogP contribution in [0, 0.1) is 12.8 Å². The molecule has 0 unspecified atom stereocenters. The molecule has 114 valence electrons.